The lowest BCUT2D eigenvalue weighted by Gasteiger charge is -2.29. The molecule has 3 aromatic rings. The van der Waals surface area contributed by atoms with Gasteiger partial charge in [-0.15, -0.1) is 11.3 Å². The molecule has 5 nitrogen and oxygen atoms in total. The average molecular weight is 394 g/mol. The van der Waals surface area contributed by atoms with Crippen LogP contribution < -0.4 is 10.2 Å². The quantitative estimate of drug-likeness (QED) is 0.708. The predicted octanol–water partition coefficient (Wildman–Crippen LogP) is 4.52. The lowest BCUT2D eigenvalue weighted by atomic mass is 10.1. The van der Waals surface area contributed by atoms with Crippen molar-refractivity contribution in [1.29, 1.82) is 0 Å². The zero-order valence-electron chi connectivity index (χ0n) is 16.1. The van der Waals surface area contributed by atoms with Crippen LogP contribution in [0.15, 0.2) is 48.5 Å². The zero-order chi connectivity index (χ0) is 19.5. The highest BCUT2D eigenvalue weighted by Crippen LogP contribution is 2.29. The maximum Gasteiger partial charge on any atom is 0.267 e. The summed E-state index contributed by atoms with van der Waals surface area (Å²) < 4.78 is 5.42. The molecule has 0 aliphatic carbocycles. The summed E-state index contributed by atoms with van der Waals surface area (Å²) in [5, 5.41) is 3.91. The topological polar surface area (TPSA) is 54.5 Å². The van der Waals surface area contributed by atoms with Gasteiger partial charge in [0.1, 0.15) is 9.88 Å². The van der Waals surface area contributed by atoms with Crippen LogP contribution >= 0.6 is 11.3 Å². The number of carbonyl (C=O) groups is 1. The second-order valence-corrected chi connectivity index (χ2v) is 7.85. The molecule has 2 aromatic carbocycles. The maximum atomic E-state index is 12.9. The van der Waals surface area contributed by atoms with Gasteiger partial charge in [-0.3, -0.25) is 4.79 Å². The van der Waals surface area contributed by atoms with E-state index in [1.165, 1.54) is 17.0 Å². The van der Waals surface area contributed by atoms with Crippen molar-refractivity contribution < 1.29 is 9.53 Å². The molecule has 144 valence electrons. The lowest BCUT2D eigenvalue weighted by Crippen LogP contribution is -2.36. The average Bonchev–Trinajstić information content (AvgIpc) is 3.12. The van der Waals surface area contributed by atoms with Gasteiger partial charge in [0.2, 0.25) is 0 Å². The Kier molecular flexibility index (Phi) is 5.41. The molecule has 1 aliphatic rings. The normalized spacial score (nSPS) is 14.1. The number of carbonyl (C=O) groups excluding carboxylic acids is 1. The fourth-order valence-electron chi connectivity index (χ4n) is 3.30. The fourth-order valence-corrected chi connectivity index (χ4v) is 4.26. The number of nitrogens with one attached hydrogen (secondary N) is 1. The van der Waals surface area contributed by atoms with Crippen LogP contribution in [-0.4, -0.2) is 37.2 Å². The molecule has 0 spiro atoms. The summed E-state index contributed by atoms with van der Waals surface area (Å²) in [5.41, 5.74) is 4.82. The minimum atomic E-state index is -0.112. The zero-order valence-corrected chi connectivity index (χ0v) is 16.9. The number of amides is 1. The van der Waals surface area contributed by atoms with Gasteiger partial charge in [0, 0.05) is 30.0 Å². The summed E-state index contributed by atoms with van der Waals surface area (Å²) in [6, 6.07) is 16.1. The molecule has 1 fully saturated rings. The SMILES string of the molecule is Cc1cc(N2CCOCC2)ccc1NC(=O)c1sc(-c2ccccc2)nc1C. The van der Waals surface area contributed by atoms with Gasteiger partial charge in [0.25, 0.3) is 5.91 Å². The van der Waals surface area contributed by atoms with Crippen molar-refractivity contribution in [3.8, 4) is 10.6 Å². The third kappa shape index (κ3) is 3.93. The number of thiazole rings is 1. The first-order valence-electron chi connectivity index (χ1n) is 9.39. The summed E-state index contributed by atoms with van der Waals surface area (Å²) in [5.74, 6) is -0.112. The monoisotopic (exact) mass is 393 g/mol. The van der Waals surface area contributed by atoms with Crippen LogP contribution in [0.2, 0.25) is 0 Å². The Labute approximate surface area is 169 Å². The molecule has 1 amide bonds. The van der Waals surface area contributed by atoms with E-state index in [0.29, 0.717) is 4.88 Å². The van der Waals surface area contributed by atoms with E-state index in [1.54, 1.807) is 0 Å². The number of aromatic nitrogens is 1. The largest absolute Gasteiger partial charge is 0.378 e. The Morgan fingerprint density at radius 3 is 2.57 bits per heavy atom. The minimum Gasteiger partial charge on any atom is -0.378 e. The molecule has 0 unspecified atom stereocenters. The molecular formula is C22H23N3O2S. The number of aryl methyl sites for hydroxylation is 2. The van der Waals surface area contributed by atoms with Gasteiger partial charge < -0.3 is 15.0 Å². The first kappa shape index (κ1) is 18.7. The number of ether oxygens (including phenoxy) is 1. The molecule has 0 bridgehead atoms. The van der Waals surface area contributed by atoms with E-state index in [2.05, 4.69) is 27.3 Å². The molecule has 1 aromatic heterocycles. The minimum absolute atomic E-state index is 0.112. The Morgan fingerprint density at radius 1 is 1.11 bits per heavy atom. The van der Waals surface area contributed by atoms with E-state index in [9.17, 15) is 4.79 Å². The van der Waals surface area contributed by atoms with Crippen LogP contribution in [0.3, 0.4) is 0 Å². The first-order valence-corrected chi connectivity index (χ1v) is 10.2. The molecule has 0 saturated carbocycles. The smallest absolute Gasteiger partial charge is 0.267 e. The van der Waals surface area contributed by atoms with Gasteiger partial charge >= 0.3 is 0 Å². The predicted molar refractivity (Wildman–Crippen MR) is 114 cm³/mol. The van der Waals surface area contributed by atoms with Crippen LogP contribution in [0.1, 0.15) is 20.9 Å². The maximum absolute atomic E-state index is 12.9. The molecule has 4 rings (SSSR count). The van der Waals surface area contributed by atoms with Crippen molar-refractivity contribution in [1.82, 2.24) is 4.98 Å². The van der Waals surface area contributed by atoms with Gasteiger partial charge in [-0.2, -0.15) is 0 Å². The van der Waals surface area contributed by atoms with Crippen LogP contribution in [-0.2, 0) is 4.74 Å². The second kappa shape index (κ2) is 8.12. The summed E-state index contributed by atoms with van der Waals surface area (Å²) in [7, 11) is 0. The molecule has 6 heteroatoms. The van der Waals surface area contributed by atoms with Gasteiger partial charge in [-0.25, -0.2) is 4.98 Å². The number of hydrogen-bond acceptors (Lipinski definition) is 5. The van der Waals surface area contributed by atoms with Crippen molar-refractivity contribution in [3.05, 3.63) is 64.7 Å². The molecule has 0 atom stereocenters. The first-order chi connectivity index (χ1) is 13.6. The molecular weight excluding hydrogens is 370 g/mol. The standard InChI is InChI=1S/C22H23N3O2S/c1-15-14-18(25-10-12-27-13-11-25)8-9-19(15)24-21(26)20-16(2)23-22(28-20)17-6-4-3-5-7-17/h3-9,14H,10-13H2,1-2H3,(H,24,26). The van der Waals surface area contributed by atoms with Crippen molar-refractivity contribution in [2.45, 2.75) is 13.8 Å². The van der Waals surface area contributed by atoms with Crippen molar-refractivity contribution in [2.75, 3.05) is 36.5 Å². The van der Waals surface area contributed by atoms with E-state index in [4.69, 9.17) is 4.74 Å². The van der Waals surface area contributed by atoms with Crippen LogP contribution in [0.25, 0.3) is 10.6 Å². The summed E-state index contributed by atoms with van der Waals surface area (Å²) in [4.78, 5) is 20.4. The number of anilines is 2. The van der Waals surface area contributed by atoms with Gasteiger partial charge in [-0.05, 0) is 37.6 Å². The second-order valence-electron chi connectivity index (χ2n) is 6.85. The Bertz CT molecular complexity index is 979. The lowest BCUT2D eigenvalue weighted by molar-refractivity contribution is 0.102. The number of rotatable bonds is 4. The van der Waals surface area contributed by atoms with Crippen LogP contribution in [0, 0.1) is 13.8 Å². The Balaban J connectivity index is 1.51. The molecule has 1 N–H and O–H groups in total. The van der Waals surface area contributed by atoms with Crippen molar-refractivity contribution >= 4 is 28.6 Å². The Hall–Kier alpha value is -2.70. The molecule has 28 heavy (non-hydrogen) atoms. The molecule has 1 saturated heterocycles. The number of benzene rings is 2. The third-order valence-corrected chi connectivity index (χ3v) is 6.06. The van der Waals surface area contributed by atoms with E-state index in [1.807, 2.05) is 50.2 Å². The third-order valence-electron chi connectivity index (χ3n) is 4.86. The number of morpholine rings is 1. The van der Waals surface area contributed by atoms with E-state index in [-0.39, 0.29) is 5.91 Å². The summed E-state index contributed by atoms with van der Waals surface area (Å²) >= 11 is 1.43. The highest BCUT2D eigenvalue weighted by Gasteiger charge is 2.18. The Morgan fingerprint density at radius 2 is 1.86 bits per heavy atom. The van der Waals surface area contributed by atoms with E-state index >= 15 is 0 Å². The van der Waals surface area contributed by atoms with Crippen molar-refractivity contribution in [2.24, 2.45) is 0 Å². The molecule has 2 heterocycles. The fraction of sp³-hybridized carbons (Fsp3) is 0.273. The number of hydrogen-bond donors (Lipinski definition) is 1. The van der Waals surface area contributed by atoms with Gasteiger partial charge in [0.15, 0.2) is 0 Å². The van der Waals surface area contributed by atoms with Gasteiger partial charge in [-0.1, -0.05) is 30.3 Å². The van der Waals surface area contributed by atoms with Crippen LogP contribution in [0.4, 0.5) is 11.4 Å². The van der Waals surface area contributed by atoms with Gasteiger partial charge in [0.05, 0.1) is 18.9 Å². The van der Waals surface area contributed by atoms with E-state index < -0.39 is 0 Å². The molecule has 0 radical (unpaired) electrons. The number of nitrogens with zero attached hydrogens (tertiary/aromatic N) is 2. The summed E-state index contributed by atoms with van der Waals surface area (Å²) in [6.45, 7) is 7.21. The highest BCUT2D eigenvalue weighted by atomic mass is 32.1. The molecule has 1 aliphatic heterocycles. The van der Waals surface area contributed by atoms with E-state index in [0.717, 1.165) is 53.8 Å². The van der Waals surface area contributed by atoms with Crippen molar-refractivity contribution in [3.63, 3.8) is 0 Å². The highest BCUT2D eigenvalue weighted by molar-refractivity contribution is 7.17. The van der Waals surface area contributed by atoms with Crippen LogP contribution in [0.5, 0.6) is 0 Å². The summed E-state index contributed by atoms with van der Waals surface area (Å²) in [6.07, 6.45) is 0.